The van der Waals surface area contributed by atoms with Gasteiger partial charge in [0.25, 0.3) is 0 Å². The minimum Gasteiger partial charge on any atom is -0.496 e. The Balaban J connectivity index is 2.10. The molecule has 1 heterocycles. The zero-order valence-electron chi connectivity index (χ0n) is 20.3. The Kier molecular flexibility index (Phi) is 7.67. The molecular formula is C27H31IN2O3. The third-order valence-corrected chi connectivity index (χ3v) is 5.87. The number of carbonyl (C=O) groups excluding carboxylic acids is 1. The van der Waals surface area contributed by atoms with Crippen LogP contribution in [0.25, 0.3) is 11.1 Å². The van der Waals surface area contributed by atoms with Crippen LogP contribution in [0.15, 0.2) is 48.7 Å². The number of methoxy groups -OCH3 is 1. The second-order valence-corrected chi connectivity index (χ2v) is 10.4. The van der Waals surface area contributed by atoms with Gasteiger partial charge in [-0.1, -0.05) is 18.2 Å². The minimum absolute atomic E-state index is 0.270. The Morgan fingerprint density at radius 2 is 1.79 bits per heavy atom. The number of anilines is 1. The Hall–Kier alpha value is -2.61. The summed E-state index contributed by atoms with van der Waals surface area (Å²) in [6, 6.07) is 14.5. The molecule has 0 atom stereocenters. The Morgan fingerprint density at radius 1 is 1.06 bits per heavy atom. The van der Waals surface area contributed by atoms with Crippen molar-refractivity contribution in [3.63, 3.8) is 0 Å². The van der Waals surface area contributed by atoms with Crippen molar-refractivity contribution in [3.05, 3.63) is 74.6 Å². The summed E-state index contributed by atoms with van der Waals surface area (Å²) in [7, 11) is 1.65. The number of halogens is 1. The topological polar surface area (TPSA) is 51.7 Å². The first kappa shape index (κ1) is 25.0. The molecule has 0 aliphatic rings. The molecule has 0 saturated carbocycles. The van der Waals surface area contributed by atoms with Gasteiger partial charge >= 0.3 is 6.09 Å². The van der Waals surface area contributed by atoms with E-state index in [2.05, 4.69) is 51.8 Å². The van der Waals surface area contributed by atoms with Gasteiger partial charge in [0.2, 0.25) is 0 Å². The normalized spacial score (nSPS) is 11.3. The number of aryl methyl sites for hydroxylation is 2. The third-order valence-electron chi connectivity index (χ3n) is 5.20. The molecule has 0 unspecified atom stereocenters. The first-order valence-corrected chi connectivity index (χ1v) is 11.9. The molecule has 174 valence electrons. The molecule has 0 saturated heterocycles. The average molecular weight is 558 g/mol. The van der Waals surface area contributed by atoms with E-state index >= 15 is 0 Å². The average Bonchev–Trinajstić information content (AvgIpc) is 2.72. The highest BCUT2D eigenvalue weighted by molar-refractivity contribution is 14.1. The highest BCUT2D eigenvalue weighted by Gasteiger charge is 2.26. The summed E-state index contributed by atoms with van der Waals surface area (Å²) in [6.07, 6.45) is 1.37. The van der Waals surface area contributed by atoms with Crippen LogP contribution in [0.2, 0.25) is 0 Å². The number of nitrogens with zero attached hydrogens (tertiary/aromatic N) is 2. The van der Waals surface area contributed by atoms with Crippen molar-refractivity contribution in [1.29, 1.82) is 0 Å². The Morgan fingerprint density at radius 3 is 2.42 bits per heavy atom. The maximum atomic E-state index is 13.4. The van der Waals surface area contributed by atoms with Crippen molar-refractivity contribution in [3.8, 4) is 16.9 Å². The first-order valence-electron chi connectivity index (χ1n) is 10.9. The Bertz CT molecular complexity index is 1170. The van der Waals surface area contributed by atoms with E-state index in [0.29, 0.717) is 0 Å². The van der Waals surface area contributed by atoms with Gasteiger partial charge in [-0.25, -0.2) is 4.79 Å². The lowest BCUT2D eigenvalue weighted by atomic mass is 10.0. The Labute approximate surface area is 210 Å². The summed E-state index contributed by atoms with van der Waals surface area (Å²) in [6.45, 7) is 11.8. The van der Waals surface area contributed by atoms with E-state index in [0.717, 1.165) is 48.5 Å². The van der Waals surface area contributed by atoms with E-state index in [1.807, 2.05) is 59.7 Å². The van der Waals surface area contributed by atoms with E-state index < -0.39 is 11.7 Å². The molecule has 33 heavy (non-hydrogen) atoms. The SMILES string of the molecule is COc1c(C)cnc(CN(C(=O)OC(C)(C)C)c2cc(C)cc(-c3cccc(I)c3)c2)c1C. The number of benzene rings is 2. The summed E-state index contributed by atoms with van der Waals surface area (Å²) in [5.41, 5.74) is 5.98. The zero-order valence-corrected chi connectivity index (χ0v) is 22.5. The molecule has 0 radical (unpaired) electrons. The summed E-state index contributed by atoms with van der Waals surface area (Å²) >= 11 is 2.31. The molecule has 0 aliphatic carbocycles. The van der Waals surface area contributed by atoms with Gasteiger partial charge in [0.1, 0.15) is 11.4 Å². The molecule has 5 nitrogen and oxygen atoms in total. The third kappa shape index (κ3) is 6.25. The van der Waals surface area contributed by atoms with Crippen LogP contribution in [-0.4, -0.2) is 23.8 Å². The van der Waals surface area contributed by atoms with Crippen LogP contribution in [0.1, 0.15) is 43.2 Å². The fourth-order valence-corrected chi connectivity index (χ4v) is 4.26. The largest absolute Gasteiger partial charge is 0.496 e. The monoisotopic (exact) mass is 558 g/mol. The lowest BCUT2D eigenvalue weighted by Crippen LogP contribution is -2.37. The number of amides is 1. The predicted molar refractivity (Wildman–Crippen MR) is 142 cm³/mol. The fourth-order valence-electron chi connectivity index (χ4n) is 3.71. The molecule has 1 amide bonds. The minimum atomic E-state index is -0.620. The number of hydrogen-bond donors (Lipinski definition) is 0. The van der Waals surface area contributed by atoms with Gasteiger partial charge in [0, 0.05) is 26.6 Å². The maximum Gasteiger partial charge on any atom is 0.415 e. The van der Waals surface area contributed by atoms with Crippen LogP contribution in [0, 0.1) is 24.3 Å². The number of hydrogen-bond acceptors (Lipinski definition) is 4. The van der Waals surface area contributed by atoms with E-state index in [9.17, 15) is 4.79 Å². The van der Waals surface area contributed by atoms with Gasteiger partial charge in [-0.05, 0) is 105 Å². The van der Waals surface area contributed by atoms with Gasteiger partial charge in [0.05, 0.1) is 19.3 Å². The van der Waals surface area contributed by atoms with Gasteiger partial charge < -0.3 is 9.47 Å². The molecule has 0 fully saturated rings. The smallest absolute Gasteiger partial charge is 0.415 e. The quantitative estimate of drug-likeness (QED) is 0.310. The van der Waals surface area contributed by atoms with E-state index in [1.165, 1.54) is 0 Å². The number of aromatic nitrogens is 1. The standard InChI is InChI=1S/C27H31IN2O3/c1-17-11-21(20-9-8-10-22(28)13-20)14-23(12-17)30(26(31)33-27(4,5)6)16-24-19(3)25(32-7)18(2)15-29-24/h8-15H,16H2,1-7H3. The van der Waals surface area contributed by atoms with Crippen LogP contribution in [-0.2, 0) is 11.3 Å². The van der Waals surface area contributed by atoms with Crippen molar-refractivity contribution >= 4 is 34.4 Å². The molecule has 1 aromatic heterocycles. The molecule has 0 N–H and O–H groups in total. The molecular weight excluding hydrogens is 527 g/mol. The van der Waals surface area contributed by atoms with Crippen molar-refractivity contribution in [2.75, 3.05) is 12.0 Å². The van der Waals surface area contributed by atoms with Crippen molar-refractivity contribution < 1.29 is 14.3 Å². The van der Waals surface area contributed by atoms with Crippen LogP contribution in [0.4, 0.5) is 10.5 Å². The summed E-state index contributed by atoms with van der Waals surface area (Å²) < 4.78 is 12.5. The molecule has 3 rings (SSSR count). The summed E-state index contributed by atoms with van der Waals surface area (Å²) in [5, 5.41) is 0. The maximum absolute atomic E-state index is 13.4. The first-order chi connectivity index (χ1) is 15.5. The molecule has 6 heteroatoms. The van der Waals surface area contributed by atoms with Crippen LogP contribution < -0.4 is 9.64 Å². The van der Waals surface area contributed by atoms with Crippen molar-refractivity contribution in [1.82, 2.24) is 4.98 Å². The summed E-state index contributed by atoms with van der Waals surface area (Å²) in [4.78, 5) is 19.6. The molecule has 0 spiro atoms. The second kappa shape index (κ2) is 10.1. The predicted octanol–water partition coefficient (Wildman–Crippen LogP) is 7.23. The van der Waals surface area contributed by atoms with Gasteiger partial charge in [0.15, 0.2) is 0 Å². The van der Waals surface area contributed by atoms with Crippen LogP contribution in [0.5, 0.6) is 5.75 Å². The van der Waals surface area contributed by atoms with Gasteiger partial charge in [-0.3, -0.25) is 9.88 Å². The van der Waals surface area contributed by atoms with Crippen molar-refractivity contribution in [2.24, 2.45) is 0 Å². The van der Waals surface area contributed by atoms with Gasteiger partial charge in [-0.15, -0.1) is 0 Å². The second-order valence-electron chi connectivity index (χ2n) is 9.18. The van der Waals surface area contributed by atoms with E-state index in [1.54, 1.807) is 18.2 Å². The lowest BCUT2D eigenvalue weighted by molar-refractivity contribution is 0.0577. The molecule has 3 aromatic rings. The lowest BCUT2D eigenvalue weighted by Gasteiger charge is -2.28. The zero-order chi connectivity index (χ0) is 24.3. The fraction of sp³-hybridized carbons (Fsp3) is 0.333. The number of rotatable bonds is 5. The highest BCUT2D eigenvalue weighted by atomic mass is 127. The number of ether oxygens (including phenoxy) is 2. The molecule has 2 aromatic carbocycles. The van der Waals surface area contributed by atoms with Gasteiger partial charge in [-0.2, -0.15) is 0 Å². The van der Waals surface area contributed by atoms with Crippen molar-refractivity contribution in [2.45, 2.75) is 53.7 Å². The van der Waals surface area contributed by atoms with E-state index in [-0.39, 0.29) is 6.54 Å². The summed E-state index contributed by atoms with van der Waals surface area (Å²) in [5.74, 6) is 0.785. The number of carbonyl (C=O) groups is 1. The highest BCUT2D eigenvalue weighted by Crippen LogP contribution is 2.31. The van der Waals surface area contributed by atoms with Crippen LogP contribution in [0.3, 0.4) is 0 Å². The van der Waals surface area contributed by atoms with Crippen LogP contribution >= 0.6 is 22.6 Å². The molecule has 0 bridgehead atoms. The molecule has 0 aliphatic heterocycles. The van der Waals surface area contributed by atoms with E-state index in [4.69, 9.17) is 9.47 Å². The number of pyridine rings is 1.